The maximum atomic E-state index is 6.11. The van der Waals surface area contributed by atoms with E-state index in [2.05, 4.69) is 9.97 Å². The monoisotopic (exact) mass is 370 g/mol. The number of nitrogens with two attached hydrogens (primary N) is 2. The molecule has 0 fully saturated rings. The van der Waals surface area contributed by atoms with E-state index in [4.69, 9.17) is 20.9 Å². The van der Waals surface area contributed by atoms with Crippen LogP contribution in [0.5, 0.6) is 23.3 Å². The van der Waals surface area contributed by atoms with E-state index in [0.717, 1.165) is 22.6 Å². The molecule has 28 heavy (non-hydrogen) atoms. The molecule has 6 nitrogen and oxygen atoms in total. The van der Waals surface area contributed by atoms with Gasteiger partial charge in [0, 0.05) is 17.4 Å². The maximum Gasteiger partial charge on any atom is 0.323 e. The SMILES string of the molecule is Nc1ccc(Oc2ncc(-c3ccc(Oc4ccccc4)cc3)c(N)n2)cc1. The first kappa shape index (κ1) is 17.4. The predicted octanol–water partition coefficient (Wildman–Crippen LogP) is 4.89. The lowest BCUT2D eigenvalue weighted by molar-refractivity contribution is 0.443. The molecule has 0 radical (unpaired) electrons. The highest BCUT2D eigenvalue weighted by molar-refractivity contribution is 5.73. The number of hydrogen-bond donors (Lipinski definition) is 2. The molecule has 0 atom stereocenters. The van der Waals surface area contributed by atoms with Crippen molar-refractivity contribution < 1.29 is 9.47 Å². The Morgan fingerprint density at radius 1 is 0.643 bits per heavy atom. The number of benzene rings is 3. The Morgan fingerprint density at radius 2 is 1.25 bits per heavy atom. The summed E-state index contributed by atoms with van der Waals surface area (Å²) in [5.41, 5.74) is 14.0. The van der Waals surface area contributed by atoms with Gasteiger partial charge in [0.2, 0.25) is 0 Å². The second kappa shape index (κ2) is 7.67. The van der Waals surface area contributed by atoms with Crippen LogP contribution < -0.4 is 20.9 Å². The van der Waals surface area contributed by atoms with Crippen molar-refractivity contribution in [3.63, 3.8) is 0 Å². The summed E-state index contributed by atoms with van der Waals surface area (Å²) in [6.07, 6.45) is 1.64. The van der Waals surface area contributed by atoms with Crippen LogP contribution in [-0.4, -0.2) is 9.97 Å². The number of rotatable bonds is 5. The average Bonchev–Trinajstić information content (AvgIpc) is 2.72. The molecule has 3 aromatic carbocycles. The van der Waals surface area contributed by atoms with E-state index in [-0.39, 0.29) is 6.01 Å². The van der Waals surface area contributed by atoms with Gasteiger partial charge < -0.3 is 20.9 Å². The molecule has 4 aromatic rings. The van der Waals surface area contributed by atoms with Gasteiger partial charge in [-0.05, 0) is 54.1 Å². The van der Waals surface area contributed by atoms with Gasteiger partial charge in [-0.1, -0.05) is 30.3 Å². The van der Waals surface area contributed by atoms with E-state index in [9.17, 15) is 0 Å². The Bertz CT molecular complexity index is 1070. The lowest BCUT2D eigenvalue weighted by Crippen LogP contribution is -1.99. The summed E-state index contributed by atoms with van der Waals surface area (Å²) in [5.74, 6) is 2.43. The molecule has 1 aromatic heterocycles. The standard InChI is InChI=1S/C22H18N4O2/c23-16-8-12-19(13-9-16)28-22-25-14-20(21(24)26-22)15-6-10-18(11-7-15)27-17-4-2-1-3-5-17/h1-14H,23H2,(H2,24,25,26). The van der Waals surface area contributed by atoms with E-state index >= 15 is 0 Å². The Morgan fingerprint density at radius 3 is 1.93 bits per heavy atom. The van der Waals surface area contributed by atoms with Gasteiger partial charge in [-0.2, -0.15) is 4.98 Å². The summed E-state index contributed by atoms with van der Waals surface area (Å²) in [6, 6.07) is 24.3. The first-order valence-corrected chi connectivity index (χ1v) is 8.66. The third-order valence-electron chi connectivity index (χ3n) is 4.03. The summed E-state index contributed by atoms with van der Waals surface area (Å²) in [4.78, 5) is 8.49. The van der Waals surface area contributed by atoms with Crippen LogP contribution in [0.25, 0.3) is 11.1 Å². The van der Waals surface area contributed by atoms with Crippen LogP contribution >= 0.6 is 0 Å². The van der Waals surface area contributed by atoms with Gasteiger partial charge in [-0.25, -0.2) is 4.98 Å². The number of nitrogens with zero attached hydrogens (tertiary/aromatic N) is 2. The van der Waals surface area contributed by atoms with Crippen molar-refractivity contribution in [3.8, 4) is 34.4 Å². The second-order valence-corrected chi connectivity index (χ2v) is 6.06. The van der Waals surface area contributed by atoms with Crippen LogP contribution in [0.3, 0.4) is 0 Å². The van der Waals surface area contributed by atoms with Crippen molar-refractivity contribution >= 4 is 11.5 Å². The summed E-state index contributed by atoms with van der Waals surface area (Å²) >= 11 is 0. The summed E-state index contributed by atoms with van der Waals surface area (Å²) in [7, 11) is 0. The topological polar surface area (TPSA) is 96.3 Å². The van der Waals surface area contributed by atoms with Crippen molar-refractivity contribution in [2.75, 3.05) is 11.5 Å². The molecule has 138 valence electrons. The minimum Gasteiger partial charge on any atom is -0.457 e. The molecule has 1 heterocycles. The van der Waals surface area contributed by atoms with Crippen molar-refractivity contribution in [1.82, 2.24) is 9.97 Å². The Labute approximate surface area is 162 Å². The number of hydrogen-bond acceptors (Lipinski definition) is 6. The van der Waals surface area contributed by atoms with Crippen LogP contribution in [0.4, 0.5) is 11.5 Å². The minimum atomic E-state index is 0.176. The average molecular weight is 370 g/mol. The third kappa shape index (κ3) is 4.02. The van der Waals surface area contributed by atoms with Gasteiger partial charge in [-0.3, -0.25) is 0 Å². The molecule has 0 amide bonds. The number of anilines is 2. The molecule has 0 aliphatic heterocycles. The first-order valence-electron chi connectivity index (χ1n) is 8.66. The molecule has 4 N–H and O–H groups in total. The van der Waals surface area contributed by atoms with Crippen molar-refractivity contribution in [2.24, 2.45) is 0 Å². The van der Waals surface area contributed by atoms with Crippen LogP contribution in [0.15, 0.2) is 85.1 Å². The van der Waals surface area contributed by atoms with E-state index in [1.54, 1.807) is 30.5 Å². The van der Waals surface area contributed by atoms with E-state index in [1.807, 2.05) is 54.6 Å². The third-order valence-corrected chi connectivity index (χ3v) is 4.03. The van der Waals surface area contributed by atoms with E-state index in [1.165, 1.54) is 0 Å². The summed E-state index contributed by atoms with van der Waals surface area (Å²) in [5, 5.41) is 0. The fourth-order valence-corrected chi connectivity index (χ4v) is 2.62. The Balaban J connectivity index is 1.50. The molecule has 4 rings (SSSR count). The van der Waals surface area contributed by atoms with Crippen molar-refractivity contribution in [3.05, 3.63) is 85.1 Å². The highest BCUT2D eigenvalue weighted by Crippen LogP contribution is 2.29. The van der Waals surface area contributed by atoms with Crippen LogP contribution in [0, 0.1) is 0 Å². The highest BCUT2D eigenvalue weighted by Gasteiger charge is 2.09. The summed E-state index contributed by atoms with van der Waals surface area (Å²) < 4.78 is 11.4. The molecule has 0 aliphatic carbocycles. The smallest absolute Gasteiger partial charge is 0.323 e. The van der Waals surface area contributed by atoms with Crippen LogP contribution in [-0.2, 0) is 0 Å². The molecule has 0 bridgehead atoms. The predicted molar refractivity (Wildman–Crippen MR) is 109 cm³/mol. The number of aromatic nitrogens is 2. The van der Waals surface area contributed by atoms with E-state index < -0.39 is 0 Å². The normalized spacial score (nSPS) is 10.4. The Kier molecular flexibility index (Phi) is 4.76. The van der Waals surface area contributed by atoms with Gasteiger partial charge in [0.25, 0.3) is 0 Å². The van der Waals surface area contributed by atoms with Crippen molar-refractivity contribution in [1.29, 1.82) is 0 Å². The van der Waals surface area contributed by atoms with Gasteiger partial charge in [0.1, 0.15) is 23.1 Å². The molecular formula is C22H18N4O2. The van der Waals surface area contributed by atoms with Crippen LogP contribution in [0.1, 0.15) is 0 Å². The molecular weight excluding hydrogens is 352 g/mol. The molecule has 0 saturated heterocycles. The molecule has 6 heteroatoms. The van der Waals surface area contributed by atoms with Gasteiger partial charge in [0.15, 0.2) is 0 Å². The van der Waals surface area contributed by atoms with Gasteiger partial charge in [0.05, 0.1) is 0 Å². The molecule has 0 unspecified atom stereocenters. The summed E-state index contributed by atoms with van der Waals surface area (Å²) in [6.45, 7) is 0. The van der Waals surface area contributed by atoms with Crippen LogP contribution in [0.2, 0.25) is 0 Å². The minimum absolute atomic E-state index is 0.176. The lowest BCUT2D eigenvalue weighted by Gasteiger charge is -2.09. The quantitative estimate of drug-likeness (QED) is 0.485. The number of ether oxygens (including phenoxy) is 2. The van der Waals surface area contributed by atoms with Gasteiger partial charge >= 0.3 is 6.01 Å². The zero-order valence-electron chi connectivity index (χ0n) is 14.9. The molecule has 0 saturated carbocycles. The van der Waals surface area contributed by atoms with Crippen molar-refractivity contribution in [2.45, 2.75) is 0 Å². The fourth-order valence-electron chi connectivity index (χ4n) is 2.62. The maximum absolute atomic E-state index is 6.11. The zero-order chi connectivity index (χ0) is 19.3. The lowest BCUT2D eigenvalue weighted by atomic mass is 10.1. The van der Waals surface area contributed by atoms with Gasteiger partial charge in [-0.15, -0.1) is 0 Å². The zero-order valence-corrected chi connectivity index (χ0v) is 14.9. The number of nitrogen functional groups attached to an aromatic ring is 2. The fraction of sp³-hybridized carbons (Fsp3) is 0. The molecule has 0 spiro atoms. The Hall–Kier alpha value is -4.06. The second-order valence-electron chi connectivity index (χ2n) is 6.06. The molecule has 0 aliphatic rings. The number of para-hydroxylation sites is 1. The van der Waals surface area contributed by atoms with E-state index in [0.29, 0.717) is 17.3 Å². The first-order chi connectivity index (χ1) is 13.7. The largest absolute Gasteiger partial charge is 0.457 e. The highest BCUT2D eigenvalue weighted by atomic mass is 16.5.